The molecule has 3 rings (SSSR count). The van der Waals surface area contributed by atoms with Gasteiger partial charge < -0.3 is 14.4 Å². The third kappa shape index (κ3) is 16.8. The quantitative estimate of drug-likeness (QED) is 0.0538. The van der Waals surface area contributed by atoms with Gasteiger partial charge in [-0.25, -0.2) is 0 Å². The van der Waals surface area contributed by atoms with Crippen LogP contribution in [0.4, 0.5) is 0 Å². The Morgan fingerprint density at radius 2 is 0.898 bits per heavy atom. The molecule has 3 nitrogen and oxygen atoms in total. The first kappa shape index (κ1) is 42.3. The van der Waals surface area contributed by atoms with E-state index < -0.39 is 0 Å². The Kier molecular flexibility index (Phi) is 22.9. The summed E-state index contributed by atoms with van der Waals surface area (Å²) >= 11 is 0. The second-order valence-electron chi connectivity index (χ2n) is 16.2. The largest absolute Gasteiger partial charge is 0.344 e. The summed E-state index contributed by atoms with van der Waals surface area (Å²) in [6.45, 7) is 4.55. The van der Waals surface area contributed by atoms with Gasteiger partial charge in [-0.2, -0.15) is 0 Å². The van der Waals surface area contributed by atoms with Crippen LogP contribution in [0.25, 0.3) is 0 Å². The van der Waals surface area contributed by atoms with Crippen LogP contribution in [-0.2, 0) is 9.47 Å². The van der Waals surface area contributed by atoms with Crippen molar-refractivity contribution in [2.45, 2.75) is 218 Å². The zero-order valence-electron chi connectivity index (χ0n) is 33.1. The molecular formula is C46H81NO2. The van der Waals surface area contributed by atoms with Gasteiger partial charge in [0.2, 0.25) is 0 Å². The molecule has 49 heavy (non-hydrogen) atoms. The molecule has 0 aromatic heterocycles. The summed E-state index contributed by atoms with van der Waals surface area (Å²) in [6, 6.07) is 0.675. The lowest BCUT2D eigenvalue weighted by atomic mass is 9.90. The lowest BCUT2D eigenvalue weighted by Gasteiger charge is -2.33. The summed E-state index contributed by atoms with van der Waals surface area (Å²) in [5, 5.41) is 0. The molecule has 3 heteroatoms. The summed E-state index contributed by atoms with van der Waals surface area (Å²) in [7, 11) is 4.52. The molecule has 1 saturated heterocycles. The molecule has 3 aliphatic rings. The van der Waals surface area contributed by atoms with Crippen molar-refractivity contribution in [2.24, 2.45) is 11.8 Å². The van der Waals surface area contributed by atoms with Crippen LogP contribution in [-0.4, -0.2) is 43.0 Å². The van der Waals surface area contributed by atoms with E-state index in [0.29, 0.717) is 30.1 Å². The molecule has 0 aromatic carbocycles. The van der Waals surface area contributed by atoms with Gasteiger partial charge in [0.05, 0.1) is 12.2 Å². The van der Waals surface area contributed by atoms with Crippen molar-refractivity contribution in [3.63, 3.8) is 0 Å². The van der Waals surface area contributed by atoms with Gasteiger partial charge in [-0.15, -0.1) is 0 Å². The minimum Gasteiger partial charge on any atom is -0.344 e. The van der Waals surface area contributed by atoms with Crippen LogP contribution in [0.5, 0.6) is 0 Å². The molecule has 0 radical (unpaired) electrons. The average molecular weight is 680 g/mol. The lowest BCUT2D eigenvalue weighted by Crippen LogP contribution is -2.43. The predicted octanol–water partition coefficient (Wildman–Crippen LogP) is 13.8. The Labute approximate surface area is 305 Å². The van der Waals surface area contributed by atoms with Gasteiger partial charge in [-0.05, 0) is 110 Å². The van der Waals surface area contributed by atoms with E-state index in [1.165, 1.54) is 154 Å². The maximum absolute atomic E-state index is 7.06. The van der Waals surface area contributed by atoms with E-state index in [9.17, 15) is 0 Å². The monoisotopic (exact) mass is 680 g/mol. The third-order valence-corrected chi connectivity index (χ3v) is 11.7. The molecule has 0 amide bonds. The van der Waals surface area contributed by atoms with Gasteiger partial charge in [0.1, 0.15) is 0 Å². The smallest absolute Gasteiger partial charge is 0.169 e. The lowest BCUT2D eigenvalue weighted by molar-refractivity contribution is -0.196. The summed E-state index contributed by atoms with van der Waals surface area (Å²) in [5.41, 5.74) is 0. The van der Waals surface area contributed by atoms with E-state index >= 15 is 0 Å². The van der Waals surface area contributed by atoms with Crippen molar-refractivity contribution >= 4 is 0 Å². The SMILES string of the molecule is CCCCC/C=C\C/C=C\CCCCCCCCC1(CCCCCCCC/C=C\C/C=C\CCCCC)O[C@@H]2C3CC(C(N(C)C)C3)[C@H]2O1. The van der Waals surface area contributed by atoms with Crippen LogP contribution in [0.1, 0.15) is 194 Å². The van der Waals surface area contributed by atoms with Crippen LogP contribution in [0.3, 0.4) is 0 Å². The van der Waals surface area contributed by atoms with Crippen molar-refractivity contribution < 1.29 is 9.47 Å². The van der Waals surface area contributed by atoms with E-state index in [1.807, 2.05) is 0 Å². The molecule has 0 aromatic rings. The molecule has 1 heterocycles. The Balaban J connectivity index is 1.27. The highest BCUT2D eigenvalue weighted by atomic mass is 16.8. The van der Waals surface area contributed by atoms with E-state index in [1.54, 1.807) is 0 Å². The fourth-order valence-electron chi connectivity index (χ4n) is 8.78. The van der Waals surface area contributed by atoms with Crippen LogP contribution in [0.15, 0.2) is 48.6 Å². The maximum atomic E-state index is 7.06. The minimum absolute atomic E-state index is 0.308. The number of unbranched alkanes of at least 4 members (excludes halogenated alkanes) is 18. The summed E-state index contributed by atoms with van der Waals surface area (Å²) in [4.78, 5) is 2.45. The maximum Gasteiger partial charge on any atom is 0.169 e. The number of fused-ring (bicyclic) bond motifs is 5. The second kappa shape index (κ2) is 26.6. The van der Waals surface area contributed by atoms with E-state index in [0.717, 1.165) is 25.7 Å². The summed E-state index contributed by atoms with van der Waals surface area (Å²) in [5.74, 6) is 1.06. The van der Waals surface area contributed by atoms with Crippen LogP contribution in [0, 0.1) is 11.8 Å². The van der Waals surface area contributed by atoms with Crippen molar-refractivity contribution in [1.29, 1.82) is 0 Å². The number of hydrogen-bond acceptors (Lipinski definition) is 3. The van der Waals surface area contributed by atoms with E-state index in [-0.39, 0.29) is 5.79 Å². The van der Waals surface area contributed by atoms with Gasteiger partial charge in [0, 0.05) is 24.8 Å². The molecule has 2 saturated carbocycles. The van der Waals surface area contributed by atoms with Crippen LogP contribution in [0.2, 0.25) is 0 Å². The van der Waals surface area contributed by atoms with Crippen molar-refractivity contribution in [3.8, 4) is 0 Å². The van der Waals surface area contributed by atoms with Crippen LogP contribution < -0.4 is 0 Å². The summed E-state index contributed by atoms with van der Waals surface area (Å²) in [6.07, 6.45) is 55.6. The number of rotatable bonds is 31. The van der Waals surface area contributed by atoms with E-state index in [4.69, 9.17) is 9.47 Å². The zero-order valence-corrected chi connectivity index (χ0v) is 33.1. The van der Waals surface area contributed by atoms with Crippen molar-refractivity contribution in [1.82, 2.24) is 4.90 Å². The standard InChI is InChI=1S/C46H81NO2/c1-5-7-9-11-13-15-17-19-21-23-25-27-29-31-33-35-37-46(48-44-41-39-42(45(44)49-46)43(40-41)47(3)4)38-36-34-32-30-28-26-24-22-20-18-16-14-12-10-8-6-2/h13-16,19-22,41-45H,5-12,17-18,23-40H2,1-4H3/b15-13-,16-14-,21-19-,22-20-/t41?,42?,43?,44-,45-/m1/s1. The Bertz CT molecular complexity index is 870. The van der Waals surface area contributed by atoms with Gasteiger partial charge in [0.15, 0.2) is 5.79 Å². The molecule has 0 N–H and O–H groups in total. The fourth-order valence-corrected chi connectivity index (χ4v) is 8.78. The molecule has 282 valence electrons. The van der Waals surface area contributed by atoms with Crippen LogP contribution >= 0.6 is 0 Å². The number of allylic oxidation sites excluding steroid dienone is 8. The Morgan fingerprint density at radius 3 is 1.35 bits per heavy atom. The Morgan fingerprint density at radius 1 is 0.490 bits per heavy atom. The molecule has 3 fully saturated rings. The number of ether oxygens (including phenoxy) is 2. The summed E-state index contributed by atoms with van der Waals surface area (Å²) < 4.78 is 14.1. The minimum atomic E-state index is -0.308. The highest BCUT2D eigenvalue weighted by Gasteiger charge is 2.62. The fraction of sp³-hybridized carbons (Fsp3) is 0.826. The number of hydrogen-bond donors (Lipinski definition) is 0. The average Bonchev–Trinajstić information content (AvgIpc) is 3.79. The third-order valence-electron chi connectivity index (χ3n) is 11.7. The van der Waals surface area contributed by atoms with E-state index in [2.05, 4.69) is 81.5 Å². The van der Waals surface area contributed by atoms with Gasteiger partial charge in [-0.3, -0.25) is 0 Å². The molecular weight excluding hydrogens is 599 g/mol. The zero-order chi connectivity index (χ0) is 34.8. The first-order chi connectivity index (χ1) is 24.1. The Hall–Kier alpha value is -1.16. The molecule has 5 atom stereocenters. The van der Waals surface area contributed by atoms with Gasteiger partial charge in [0.25, 0.3) is 0 Å². The molecule has 0 spiro atoms. The molecule has 3 unspecified atom stereocenters. The highest BCUT2D eigenvalue weighted by Crippen LogP contribution is 2.55. The molecule has 2 aliphatic carbocycles. The van der Waals surface area contributed by atoms with Gasteiger partial charge in [-0.1, -0.05) is 140 Å². The van der Waals surface area contributed by atoms with Crippen molar-refractivity contribution in [2.75, 3.05) is 14.1 Å². The topological polar surface area (TPSA) is 21.7 Å². The van der Waals surface area contributed by atoms with Crippen molar-refractivity contribution in [3.05, 3.63) is 48.6 Å². The molecule has 2 bridgehead atoms. The molecule has 1 aliphatic heterocycles. The van der Waals surface area contributed by atoms with Gasteiger partial charge >= 0.3 is 0 Å². The highest BCUT2D eigenvalue weighted by molar-refractivity contribution is 5.09. The normalized spacial score (nSPS) is 24.7. The number of nitrogens with zero attached hydrogens (tertiary/aromatic N) is 1. The predicted molar refractivity (Wildman–Crippen MR) is 214 cm³/mol. The first-order valence-electron chi connectivity index (χ1n) is 21.7. The first-order valence-corrected chi connectivity index (χ1v) is 21.7. The second-order valence-corrected chi connectivity index (χ2v) is 16.2.